The number of nitrogens with one attached hydrogen (secondary N) is 1. The van der Waals surface area contributed by atoms with Gasteiger partial charge in [-0.05, 0) is 17.7 Å². The van der Waals surface area contributed by atoms with Crippen molar-refractivity contribution < 1.29 is 19.4 Å². The normalized spacial score (nSPS) is 20.1. The maximum Gasteiger partial charge on any atom is 0.321 e. The maximum atomic E-state index is 11.6. The van der Waals surface area contributed by atoms with Crippen molar-refractivity contribution in [1.29, 1.82) is 0 Å². The summed E-state index contributed by atoms with van der Waals surface area (Å²) < 4.78 is 11.1. The lowest BCUT2D eigenvalue weighted by Crippen LogP contribution is -2.45. The molecule has 0 fully saturated rings. The Morgan fingerprint density at radius 2 is 2.17 bits per heavy atom. The molecule has 0 saturated carbocycles. The predicted molar refractivity (Wildman–Crippen MR) is 80.4 cm³/mol. The number of aromatic nitrogens is 2. The number of hydrogen-bond donors (Lipinski definition) is 2. The number of carboxylic acid groups (broad SMARTS) is 1. The molecule has 0 aliphatic carbocycles. The molecule has 0 saturated heterocycles. The molecule has 2 aromatic rings. The van der Waals surface area contributed by atoms with Crippen molar-refractivity contribution in [1.82, 2.24) is 14.9 Å². The van der Waals surface area contributed by atoms with Gasteiger partial charge in [0.1, 0.15) is 19.3 Å². The van der Waals surface area contributed by atoms with Gasteiger partial charge in [-0.1, -0.05) is 6.07 Å². The summed E-state index contributed by atoms with van der Waals surface area (Å²) in [6, 6.07) is 5.19. The molecule has 1 atom stereocenters. The lowest BCUT2D eigenvalue weighted by Gasteiger charge is -2.32. The molecule has 1 unspecified atom stereocenters. The minimum atomic E-state index is -0.823. The number of aromatic amines is 1. The van der Waals surface area contributed by atoms with Crippen LogP contribution in [0.15, 0.2) is 24.5 Å². The number of fused-ring (bicyclic) bond motifs is 2. The number of hydrogen-bond acceptors (Lipinski definition) is 5. The average molecular weight is 315 g/mol. The van der Waals surface area contributed by atoms with Crippen LogP contribution in [0.1, 0.15) is 17.0 Å². The molecule has 1 aromatic heterocycles. The van der Waals surface area contributed by atoms with E-state index in [1.54, 1.807) is 6.33 Å². The smallest absolute Gasteiger partial charge is 0.321 e. The van der Waals surface area contributed by atoms with Gasteiger partial charge in [0.05, 0.1) is 17.7 Å². The zero-order valence-electron chi connectivity index (χ0n) is 12.5. The molecule has 0 amide bonds. The third-order valence-electron chi connectivity index (χ3n) is 4.27. The molecular weight excluding hydrogens is 298 g/mol. The van der Waals surface area contributed by atoms with Gasteiger partial charge in [0.25, 0.3) is 0 Å². The van der Waals surface area contributed by atoms with Crippen molar-refractivity contribution in [2.24, 2.45) is 0 Å². The second-order valence-corrected chi connectivity index (χ2v) is 5.77. The van der Waals surface area contributed by atoms with Crippen molar-refractivity contribution in [2.45, 2.75) is 25.6 Å². The summed E-state index contributed by atoms with van der Waals surface area (Å²) in [4.78, 5) is 20.8. The number of carbonyl (C=O) groups is 1. The summed E-state index contributed by atoms with van der Waals surface area (Å²) in [7, 11) is 0. The molecule has 2 aliphatic heterocycles. The van der Waals surface area contributed by atoms with Gasteiger partial charge < -0.3 is 19.6 Å². The van der Waals surface area contributed by atoms with Crippen LogP contribution in [0.4, 0.5) is 0 Å². The Hall–Kier alpha value is -2.54. The van der Waals surface area contributed by atoms with Crippen molar-refractivity contribution >= 4 is 5.97 Å². The number of imidazole rings is 1. The Labute approximate surface area is 132 Å². The standard InChI is InChI=1S/C16H17N3O4/c20-16(21)13-6-11-12(18-9-17-11)8-19(13)7-10-1-2-14-15(5-10)23-4-3-22-14/h1-2,5,9,13H,3-4,6-8H2,(H,17,18)(H,20,21). The quantitative estimate of drug-likeness (QED) is 0.885. The minimum absolute atomic E-state index is 0.415. The van der Waals surface area contributed by atoms with E-state index in [9.17, 15) is 9.90 Å². The fraction of sp³-hybridized carbons (Fsp3) is 0.375. The number of benzene rings is 1. The number of carboxylic acids is 1. The number of nitrogens with zero attached hydrogens (tertiary/aromatic N) is 2. The van der Waals surface area contributed by atoms with Gasteiger partial charge in [-0.15, -0.1) is 0 Å². The summed E-state index contributed by atoms with van der Waals surface area (Å²) >= 11 is 0. The third-order valence-corrected chi connectivity index (χ3v) is 4.27. The van der Waals surface area contributed by atoms with Crippen molar-refractivity contribution in [2.75, 3.05) is 13.2 Å². The van der Waals surface area contributed by atoms with E-state index in [-0.39, 0.29) is 0 Å². The van der Waals surface area contributed by atoms with E-state index in [4.69, 9.17) is 9.47 Å². The highest BCUT2D eigenvalue weighted by Crippen LogP contribution is 2.32. The van der Waals surface area contributed by atoms with E-state index in [1.165, 1.54) is 0 Å². The van der Waals surface area contributed by atoms with Gasteiger partial charge in [-0.2, -0.15) is 0 Å². The summed E-state index contributed by atoms with van der Waals surface area (Å²) in [5, 5.41) is 9.52. The Balaban J connectivity index is 1.58. The van der Waals surface area contributed by atoms with Crippen LogP contribution in [0.2, 0.25) is 0 Å². The zero-order chi connectivity index (χ0) is 15.8. The Bertz CT molecular complexity index is 743. The van der Waals surface area contributed by atoms with Crippen LogP contribution in [0.5, 0.6) is 11.5 Å². The van der Waals surface area contributed by atoms with Crippen LogP contribution >= 0.6 is 0 Å². The minimum Gasteiger partial charge on any atom is -0.486 e. The van der Waals surface area contributed by atoms with Gasteiger partial charge in [0, 0.05) is 19.5 Å². The van der Waals surface area contributed by atoms with Crippen LogP contribution in [-0.2, 0) is 24.3 Å². The molecule has 1 aromatic carbocycles. The van der Waals surface area contributed by atoms with Gasteiger partial charge in [0.2, 0.25) is 0 Å². The number of ether oxygens (including phenoxy) is 2. The monoisotopic (exact) mass is 315 g/mol. The first-order valence-corrected chi connectivity index (χ1v) is 7.57. The topological polar surface area (TPSA) is 87.7 Å². The highest BCUT2D eigenvalue weighted by Gasteiger charge is 2.33. The van der Waals surface area contributed by atoms with E-state index in [0.717, 1.165) is 28.5 Å². The number of H-pyrrole nitrogens is 1. The Morgan fingerprint density at radius 3 is 3.00 bits per heavy atom. The summed E-state index contributed by atoms with van der Waals surface area (Å²) in [6.07, 6.45) is 2.04. The van der Waals surface area contributed by atoms with Gasteiger partial charge in [0.15, 0.2) is 11.5 Å². The van der Waals surface area contributed by atoms with E-state index in [0.29, 0.717) is 32.7 Å². The molecule has 3 heterocycles. The van der Waals surface area contributed by atoms with E-state index < -0.39 is 12.0 Å². The second kappa shape index (κ2) is 5.58. The molecule has 0 spiro atoms. The lowest BCUT2D eigenvalue weighted by molar-refractivity contribution is -0.144. The third kappa shape index (κ3) is 2.63. The predicted octanol–water partition coefficient (Wildman–Crippen LogP) is 1.19. The highest BCUT2D eigenvalue weighted by atomic mass is 16.6. The molecule has 120 valence electrons. The molecule has 2 N–H and O–H groups in total. The molecule has 7 nitrogen and oxygen atoms in total. The van der Waals surface area contributed by atoms with E-state index in [1.807, 2.05) is 23.1 Å². The van der Waals surface area contributed by atoms with Crippen LogP contribution < -0.4 is 9.47 Å². The maximum absolute atomic E-state index is 11.6. The number of aliphatic carboxylic acids is 1. The molecule has 0 bridgehead atoms. The molecule has 0 radical (unpaired) electrons. The summed E-state index contributed by atoms with van der Waals surface area (Å²) in [5.74, 6) is 0.639. The second-order valence-electron chi connectivity index (χ2n) is 5.77. The van der Waals surface area contributed by atoms with Crippen molar-refractivity contribution in [3.8, 4) is 11.5 Å². The average Bonchev–Trinajstić information content (AvgIpc) is 3.01. The number of rotatable bonds is 3. The Kier molecular flexibility index (Phi) is 3.42. The molecule has 23 heavy (non-hydrogen) atoms. The van der Waals surface area contributed by atoms with E-state index in [2.05, 4.69) is 9.97 Å². The fourth-order valence-corrected chi connectivity index (χ4v) is 3.12. The van der Waals surface area contributed by atoms with Gasteiger partial charge in [-0.3, -0.25) is 9.69 Å². The van der Waals surface area contributed by atoms with Crippen molar-refractivity contribution in [3.63, 3.8) is 0 Å². The molecular formula is C16H17N3O4. The van der Waals surface area contributed by atoms with Crippen LogP contribution in [0.25, 0.3) is 0 Å². The first-order valence-electron chi connectivity index (χ1n) is 7.57. The highest BCUT2D eigenvalue weighted by molar-refractivity contribution is 5.74. The zero-order valence-corrected chi connectivity index (χ0v) is 12.5. The SMILES string of the molecule is O=C(O)C1Cc2nc[nH]c2CN1Cc1ccc2c(c1)OCCO2. The van der Waals surface area contributed by atoms with Crippen LogP contribution in [0.3, 0.4) is 0 Å². The molecule has 4 rings (SSSR count). The van der Waals surface area contributed by atoms with Gasteiger partial charge in [-0.25, -0.2) is 4.98 Å². The summed E-state index contributed by atoms with van der Waals surface area (Å²) in [6.45, 7) is 2.17. The molecule has 7 heteroatoms. The first kappa shape index (κ1) is 14.1. The largest absolute Gasteiger partial charge is 0.486 e. The van der Waals surface area contributed by atoms with Crippen molar-refractivity contribution in [3.05, 3.63) is 41.5 Å². The lowest BCUT2D eigenvalue weighted by atomic mass is 10.0. The first-order chi connectivity index (χ1) is 11.2. The summed E-state index contributed by atoms with van der Waals surface area (Å²) in [5.41, 5.74) is 2.83. The molecule has 2 aliphatic rings. The van der Waals surface area contributed by atoms with Crippen LogP contribution in [0, 0.1) is 0 Å². The Morgan fingerprint density at radius 1 is 1.35 bits per heavy atom. The van der Waals surface area contributed by atoms with Crippen LogP contribution in [-0.4, -0.2) is 45.2 Å². The van der Waals surface area contributed by atoms with E-state index >= 15 is 0 Å². The van der Waals surface area contributed by atoms with Gasteiger partial charge >= 0.3 is 5.97 Å². The fourth-order valence-electron chi connectivity index (χ4n) is 3.12.